The molecule has 1 unspecified atom stereocenters. The number of rotatable bonds is 4. The Morgan fingerprint density at radius 1 is 1.67 bits per heavy atom. The summed E-state index contributed by atoms with van der Waals surface area (Å²) in [6, 6.07) is 0. The van der Waals surface area contributed by atoms with E-state index in [1.54, 1.807) is 6.08 Å². The Labute approximate surface area is 74.6 Å². The molecular weight excluding hydrogens is 152 g/mol. The fourth-order valence-electron chi connectivity index (χ4n) is 0.748. The van der Waals surface area contributed by atoms with Crippen molar-refractivity contribution in [2.45, 2.75) is 27.7 Å². The van der Waals surface area contributed by atoms with Crippen LogP contribution in [0.25, 0.3) is 0 Å². The summed E-state index contributed by atoms with van der Waals surface area (Å²) in [5, 5.41) is 0. The van der Waals surface area contributed by atoms with Crippen LogP contribution in [0.3, 0.4) is 0 Å². The molecular formula is C10H18O2. The SMILES string of the molecule is C=CC(C)(C)C(C)C(=O)OCC. The summed E-state index contributed by atoms with van der Waals surface area (Å²) < 4.78 is 4.91. The van der Waals surface area contributed by atoms with Gasteiger partial charge in [-0.05, 0) is 12.3 Å². The molecule has 0 saturated heterocycles. The molecule has 0 heterocycles. The maximum absolute atomic E-state index is 11.3. The normalized spacial score (nSPS) is 13.7. The summed E-state index contributed by atoms with van der Waals surface area (Å²) in [7, 11) is 0. The molecule has 0 aliphatic carbocycles. The number of ether oxygens (including phenoxy) is 1. The van der Waals surface area contributed by atoms with E-state index in [0.29, 0.717) is 6.61 Å². The molecule has 0 aromatic rings. The van der Waals surface area contributed by atoms with Gasteiger partial charge in [0, 0.05) is 0 Å². The average Bonchev–Trinajstić information content (AvgIpc) is 2.03. The monoisotopic (exact) mass is 170 g/mol. The summed E-state index contributed by atoms with van der Waals surface area (Å²) in [6.45, 7) is 11.7. The topological polar surface area (TPSA) is 26.3 Å². The van der Waals surface area contributed by atoms with E-state index in [-0.39, 0.29) is 17.3 Å². The van der Waals surface area contributed by atoms with E-state index < -0.39 is 0 Å². The highest BCUT2D eigenvalue weighted by molar-refractivity contribution is 5.73. The van der Waals surface area contributed by atoms with E-state index in [9.17, 15) is 4.79 Å². The van der Waals surface area contributed by atoms with Crippen LogP contribution in [0.1, 0.15) is 27.7 Å². The molecule has 12 heavy (non-hydrogen) atoms. The molecule has 0 spiro atoms. The highest BCUT2D eigenvalue weighted by Gasteiger charge is 2.29. The molecule has 0 rings (SSSR count). The smallest absolute Gasteiger partial charge is 0.309 e. The van der Waals surface area contributed by atoms with Gasteiger partial charge in [-0.1, -0.05) is 26.8 Å². The van der Waals surface area contributed by atoms with Crippen LogP contribution in [0.4, 0.5) is 0 Å². The Morgan fingerprint density at radius 2 is 2.17 bits per heavy atom. The van der Waals surface area contributed by atoms with E-state index >= 15 is 0 Å². The molecule has 70 valence electrons. The minimum Gasteiger partial charge on any atom is -0.466 e. The molecule has 0 aliphatic rings. The predicted molar refractivity (Wildman–Crippen MR) is 49.8 cm³/mol. The minimum absolute atomic E-state index is 0.130. The van der Waals surface area contributed by atoms with Gasteiger partial charge in [0.05, 0.1) is 12.5 Å². The van der Waals surface area contributed by atoms with Crippen LogP contribution in [0, 0.1) is 11.3 Å². The van der Waals surface area contributed by atoms with Crippen molar-refractivity contribution in [1.82, 2.24) is 0 Å². The molecule has 1 atom stereocenters. The zero-order valence-electron chi connectivity index (χ0n) is 8.39. The molecule has 0 fully saturated rings. The minimum atomic E-state index is -0.188. The predicted octanol–water partition coefficient (Wildman–Crippen LogP) is 2.40. The number of esters is 1. The van der Waals surface area contributed by atoms with Gasteiger partial charge in [-0.25, -0.2) is 0 Å². The van der Waals surface area contributed by atoms with Crippen LogP contribution in [0.2, 0.25) is 0 Å². The fourth-order valence-corrected chi connectivity index (χ4v) is 0.748. The molecule has 0 N–H and O–H groups in total. The van der Waals surface area contributed by atoms with Crippen molar-refractivity contribution in [3.05, 3.63) is 12.7 Å². The lowest BCUT2D eigenvalue weighted by Gasteiger charge is -2.25. The van der Waals surface area contributed by atoms with Gasteiger partial charge in [-0.2, -0.15) is 0 Å². The maximum atomic E-state index is 11.3. The first-order valence-electron chi connectivity index (χ1n) is 4.26. The van der Waals surface area contributed by atoms with Crippen LogP contribution < -0.4 is 0 Å². The Hall–Kier alpha value is -0.790. The molecule has 0 radical (unpaired) electrons. The van der Waals surface area contributed by atoms with Gasteiger partial charge in [0.1, 0.15) is 0 Å². The van der Waals surface area contributed by atoms with Gasteiger partial charge in [0.2, 0.25) is 0 Å². The second-order valence-electron chi connectivity index (χ2n) is 3.50. The number of carbonyl (C=O) groups excluding carboxylic acids is 1. The van der Waals surface area contributed by atoms with Crippen LogP contribution in [0.15, 0.2) is 12.7 Å². The largest absolute Gasteiger partial charge is 0.466 e. The quantitative estimate of drug-likeness (QED) is 0.478. The van der Waals surface area contributed by atoms with Crippen molar-refractivity contribution in [1.29, 1.82) is 0 Å². The zero-order chi connectivity index (χ0) is 9.78. The second kappa shape index (κ2) is 4.29. The third-order valence-corrected chi connectivity index (χ3v) is 2.28. The molecule has 0 amide bonds. The number of hydrogen-bond acceptors (Lipinski definition) is 2. The first-order valence-corrected chi connectivity index (χ1v) is 4.26. The molecule has 0 aromatic heterocycles. The second-order valence-corrected chi connectivity index (χ2v) is 3.50. The molecule has 2 heteroatoms. The van der Waals surface area contributed by atoms with E-state index in [2.05, 4.69) is 6.58 Å². The Bertz CT molecular complexity index is 171. The maximum Gasteiger partial charge on any atom is 0.309 e. The van der Waals surface area contributed by atoms with Gasteiger partial charge in [0.15, 0.2) is 0 Å². The molecule has 0 saturated carbocycles. The van der Waals surface area contributed by atoms with Gasteiger partial charge in [0.25, 0.3) is 0 Å². The van der Waals surface area contributed by atoms with Crippen molar-refractivity contribution in [2.75, 3.05) is 6.61 Å². The molecule has 0 aliphatic heterocycles. The highest BCUT2D eigenvalue weighted by atomic mass is 16.5. The fraction of sp³-hybridized carbons (Fsp3) is 0.700. The highest BCUT2D eigenvalue weighted by Crippen LogP contribution is 2.28. The Morgan fingerprint density at radius 3 is 2.50 bits per heavy atom. The number of allylic oxidation sites excluding steroid dienone is 1. The van der Waals surface area contributed by atoms with Crippen molar-refractivity contribution in [3.63, 3.8) is 0 Å². The van der Waals surface area contributed by atoms with Crippen molar-refractivity contribution in [2.24, 2.45) is 11.3 Å². The average molecular weight is 170 g/mol. The summed E-state index contributed by atoms with van der Waals surface area (Å²) in [5.41, 5.74) is -0.188. The van der Waals surface area contributed by atoms with Crippen molar-refractivity contribution < 1.29 is 9.53 Å². The van der Waals surface area contributed by atoms with E-state index in [1.165, 1.54) is 0 Å². The van der Waals surface area contributed by atoms with Crippen molar-refractivity contribution >= 4 is 5.97 Å². The van der Waals surface area contributed by atoms with Gasteiger partial charge in [-0.3, -0.25) is 4.79 Å². The van der Waals surface area contributed by atoms with Crippen LogP contribution >= 0.6 is 0 Å². The van der Waals surface area contributed by atoms with Crippen LogP contribution in [-0.4, -0.2) is 12.6 Å². The van der Waals surface area contributed by atoms with Crippen LogP contribution in [-0.2, 0) is 9.53 Å². The zero-order valence-corrected chi connectivity index (χ0v) is 8.39. The lowest BCUT2D eigenvalue weighted by Crippen LogP contribution is -2.28. The lowest BCUT2D eigenvalue weighted by molar-refractivity contribution is -0.150. The van der Waals surface area contributed by atoms with E-state index in [4.69, 9.17) is 4.74 Å². The number of hydrogen-bond donors (Lipinski definition) is 0. The van der Waals surface area contributed by atoms with Gasteiger partial charge in [-0.15, -0.1) is 6.58 Å². The summed E-state index contributed by atoms with van der Waals surface area (Å²) in [5.74, 6) is -0.280. The van der Waals surface area contributed by atoms with Crippen molar-refractivity contribution in [3.8, 4) is 0 Å². The third-order valence-electron chi connectivity index (χ3n) is 2.28. The Kier molecular flexibility index (Phi) is 4.01. The summed E-state index contributed by atoms with van der Waals surface area (Å²) in [6.07, 6.45) is 1.79. The summed E-state index contributed by atoms with van der Waals surface area (Å²) >= 11 is 0. The van der Waals surface area contributed by atoms with Gasteiger partial charge < -0.3 is 4.74 Å². The van der Waals surface area contributed by atoms with E-state index in [0.717, 1.165) is 0 Å². The third kappa shape index (κ3) is 2.68. The molecule has 0 aromatic carbocycles. The molecule has 2 nitrogen and oxygen atoms in total. The summed E-state index contributed by atoms with van der Waals surface area (Å²) in [4.78, 5) is 11.3. The first-order chi connectivity index (χ1) is 5.45. The standard InChI is InChI=1S/C10H18O2/c1-6-10(4,5)8(3)9(11)12-7-2/h6,8H,1,7H2,2-5H3. The van der Waals surface area contributed by atoms with E-state index in [1.807, 2.05) is 27.7 Å². The first kappa shape index (κ1) is 11.2. The van der Waals surface area contributed by atoms with Crippen LogP contribution in [0.5, 0.6) is 0 Å². The number of carbonyl (C=O) groups is 1. The lowest BCUT2D eigenvalue weighted by atomic mass is 9.80. The molecule has 0 bridgehead atoms. The Balaban J connectivity index is 4.27. The van der Waals surface area contributed by atoms with Gasteiger partial charge >= 0.3 is 5.97 Å².